The van der Waals surface area contributed by atoms with Crippen LogP contribution in [0.3, 0.4) is 0 Å². The highest BCUT2D eigenvalue weighted by molar-refractivity contribution is 6.03. The molecule has 1 N–H and O–H groups in total. The second kappa shape index (κ2) is 9.50. The highest BCUT2D eigenvalue weighted by Gasteiger charge is 2.12. The molecule has 148 valence electrons. The molecule has 0 fully saturated rings. The maximum Gasteiger partial charge on any atom is 0.253 e. The van der Waals surface area contributed by atoms with Gasteiger partial charge in [-0.05, 0) is 50.3 Å². The van der Waals surface area contributed by atoms with Gasteiger partial charge in [0.2, 0.25) is 5.91 Å². The summed E-state index contributed by atoms with van der Waals surface area (Å²) in [7, 11) is 0. The molecule has 0 aliphatic carbocycles. The van der Waals surface area contributed by atoms with E-state index in [0.717, 1.165) is 11.3 Å². The van der Waals surface area contributed by atoms with Crippen LogP contribution in [0.2, 0.25) is 0 Å². The third kappa shape index (κ3) is 5.19. The van der Waals surface area contributed by atoms with Crippen molar-refractivity contribution in [1.82, 2.24) is 14.7 Å². The summed E-state index contributed by atoms with van der Waals surface area (Å²) in [4.78, 5) is 26.5. The first-order valence-electron chi connectivity index (χ1n) is 9.59. The molecule has 0 saturated carbocycles. The molecule has 0 atom stereocenters. The Labute approximate surface area is 170 Å². The van der Waals surface area contributed by atoms with Gasteiger partial charge in [-0.1, -0.05) is 24.3 Å². The van der Waals surface area contributed by atoms with Crippen molar-refractivity contribution in [3.8, 4) is 5.69 Å². The van der Waals surface area contributed by atoms with E-state index in [9.17, 15) is 9.59 Å². The molecule has 0 aliphatic rings. The van der Waals surface area contributed by atoms with E-state index >= 15 is 0 Å². The van der Waals surface area contributed by atoms with E-state index in [1.165, 1.54) is 6.08 Å². The molecule has 0 saturated heterocycles. The topological polar surface area (TPSA) is 67.2 Å². The van der Waals surface area contributed by atoms with Crippen LogP contribution in [0.15, 0.2) is 73.1 Å². The first kappa shape index (κ1) is 20.1. The lowest BCUT2D eigenvalue weighted by Crippen LogP contribution is -2.30. The number of nitrogens with one attached hydrogen (secondary N) is 1. The Hall–Kier alpha value is -3.67. The highest BCUT2D eigenvalue weighted by atomic mass is 16.2. The number of hydrogen-bond donors (Lipinski definition) is 1. The van der Waals surface area contributed by atoms with Gasteiger partial charge in [-0.2, -0.15) is 5.10 Å². The van der Waals surface area contributed by atoms with E-state index in [1.54, 1.807) is 46.1 Å². The Morgan fingerprint density at radius 3 is 2.55 bits per heavy atom. The molecule has 0 unspecified atom stereocenters. The Balaban J connectivity index is 1.65. The largest absolute Gasteiger partial charge is 0.339 e. The zero-order valence-corrected chi connectivity index (χ0v) is 16.6. The van der Waals surface area contributed by atoms with Crippen LogP contribution in [0.1, 0.15) is 29.8 Å². The molecule has 0 bridgehead atoms. The molecule has 1 aromatic heterocycles. The van der Waals surface area contributed by atoms with Crippen molar-refractivity contribution in [1.29, 1.82) is 0 Å². The fourth-order valence-corrected chi connectivity index (χ4v) is 2.92. The van der Waals surface area contributed by atoms with Crippen molar-refractivity contribution in [2.24, 2.45) is 0 Å². The second-order valence-electron chi connectivity index (χ2n) is 6.43. The van der Waals surface area contributed by atoms with Crippen molar-refractivity contribution in [3.05, 3.63) is 84.2 Å². The third-order valence-electron chi connectivity index (χ3n) is 4.48. The maximum absolute atomic E-state index is 12.5. The van der Waals surface area contributed by atoms with Gasteiger partial charge in [-0.25, -0.2) is 4.68 Å². The minimum Gasteiger partial charge on any atom is -0.339 e. The van der Waals surface area contributed by atoms with Crippen LogP contribution in [0, 0.1) is 0 Å². The van der Waals surface area contributed by atoms with Crippen LogP contribution in [0.4, 0.5) is 5.69 Å². The van der Waals surface area contributed by atoms with Gasteiger partial charge in [0.1, 0.15) is 0 Å². The summed E-state index contributed by atoms with van der Waals surface area (Å²) >= 11 is 0. The highest BCUT2D eigenvalue weighted by Crippen LogP contribution is 2.14. The fourth-order valence-electron chi connectivity index (χ4n) is 2.92. The summed E-state index contributed by atoms with van der Waals surface area (Å²) in [5.41, 5.74) is 2.90. The minimum absolute atomic E-state index is 0.0463. The number of para-hydroxylation sites is 1. The number of rotatable bonds is 7. The van der Waals surface area contributed by atoms with E-state index in [2.05, 4.69) is 10.4 Å². The van der Waals surface area contributed by atoms with E-state index in [4.69, 9.17) is 0 Å². The molecule has 0 radical (unpaired) electrons. The minimum atomic E-state index is -0.273. The number of benzene rings is 2. The summed E-state index contributed by atoms with van der Waals surface area (Å²) in [5, 5.41) is 7.10. The predicted molar refractivity (Wildman–Crippen MR) is 115 cm³/mol. The van der Waals surface area contributed by atoms with Crippen molar-refractivity contribution in [2.75, 3.05) is 18.4 Å². The standard InChI is InChI=1S/C23H24N4O2/c1-3-26(4-2)23(29)19-9-8-10-20(15-19)25-22(28)14-13-18-16-24-27(17-18)21-11-6-5-7-12-21/h5-17H,3-4H2,1-2H3,(H,25,28)/b14-13+. The molecule has 0 aliphatic heterocycles. The summed E-state index contributed by atoms with van der Waals surface area (Å²) in [6.07, 6.45) is 6.69. The lowest BCUT2D eigenvalue weighted by molar-refractivity contribution is -0.111. The molecule has 3 rings (SSSR count). The average molecular weight is 388 g/mol. The number of carbonyl (C=O) groups is 2. The van der Waals surface area contributed by atoms with Gasteiger partial charge in [-0.15, -0.1) is 0 Å². The number of anilines is 1. The van der Waals surface area contributed by atoms with Crippen LogP contribution in [0.25, 0.3) is 11.8 Å². The van der Waals surface area contributed by atoms with E-state index in [1.807, 2.05) is 50.4 Å². The van der Waals surface area contributed by atoms with Crippen LogP contribution >= 0.6 is 0 Å². The molecule has 6 heteroatoms. The normalized spacial score (nSPS) is 10.8. The van der Waals surface area contributed by atoms with Gasteiger partial charge in [0.15, 0.2) is 0 Å². The Kier molecular flexibility index (Phi) is 6.58. The van der Waals surface area contributed by atoms with Crippen LogP contribution in [-0.4, -0.2) is 39.6 Å². The van der Waals surface area contributed by atoms with Crippen LogP contribution in [0.5, 0.6) is 0 Å². The monoisotopic (exact) mass is 388 g/mol. The number of aromatic nitrogens is 2. The lowest BCUT2D eigenvalue weighted by Gasteiger charge is -2.18. The molecule has 2 amide bonds. The zero-order valence-electron chi connectivity index (χ0n) is 16.6. The second-order valence-corrected chi connectivity index (χ2v) is 6.43. The lowest BCUT2D eigenvalue weighted by atomic mass is 10.1. The predicted octanol–water partition coefficient (Wildman–Crippen LogP) is 4.01. The summed E-state index contributed by atoms with van der Waals surface area (Å²) in [6.45, 7) is 5.17. The molecule has 0 spiro atoms. The van der Waals surface area contributed by atoms with Crippen molar-refractivity contribution in [3.63, 3.8) is 0 Å². The van der Waals surface area contributed by atoms with Gasteiger partial charge in [0.05, 0.1) is 11.9 Å². The Bertz CT molecular complexity index is 1000. The number of carbonyl (C=O) groups excluding carboxylic acids is 2. The van der Waals surface area contributed by atoms with Crippen LogP contribution < -0.4 is 5.32 Å². The van der Waals surface area contributed by atoms with Crippen molar-refractivity contribution < 1.29 is 9.59 Å². The zero-order chi connectivity index (χ0) is 20.6. The smallest absolute Gasteiger partial charge is 0.253 e. The number of amides is 2. The van der Waals surface area contributed by atoms with Crippen molar-refractivity contribution >= 4 is 23.6 Å². The van der Waals surface area contributed by atoms with Crippen LogP contribution in [-0.2, 0) is 4.79 Å². The molecule has 6 nitrogen and oxygen atoms in total. The SMILES string of the molecule is CCN(CC)C(=O)c1cccc(NC(=O)/C=C/c2cnn(-c3ccccc3)c2)c1. The molecule has 1 heterocycles. The van der Waals surface area contributed by atoms with Gasteiger partial charge >= 0.3 is 0 Å². The molecular weight excluding hydrogens is 364 g/mol. The number of hydrogen-bond acceptors (Lipinski definition) is 3. The molecule has 3 aromatic rings. The third-order valence-corrected chi connectivity index (χ3v) is 4.48. The maximum atomic E-state index is 12.5. The summed E-state index contributed by atoms with van der Waals surface area (Å²) in [6, 6.07) is 16.7. The fraction of sp³-hybridized carbons (Fsp3) is 0.174. The Morgan fingerprint density at radius 1 is 1.07 bits per heavy atom. The average Bonchev–Trinajstić information content (AvgIpc) is 3.23. The summed E-state index contributed by atoms with van der Waals surface area (Å²) in [5.74, 6) is -0.320. The quantitative estimate of drug-likeness (QED) is 0.622. The molecular formula is C23H24N4O2. The first-order chi connectivity index (χ1) is 14.1. The molecule has 29 heavy (non-hydrogen) atoms. The first-order valence-corrected chi connectivity index (χ1v) is 9.59. The van der Waals surface area contributed by atoms with Gasteiger partial charge in [0.25, 0.3) is 5.91 Å². The van der Waals surface area contributed by atoms with E-state index in [0.29, 0.717) is 24.3 Å². The number of nitrogens with zero attached hydrogens (tertiary/aromatic N) is 3. The van der Waals surface area contributed by atoms with E-state index < -0.39 is 0 Å². The van der Waals surface area contributed by atoms with E-state index in [-0.39, 0.29) is 11.8 Å². The van der Waals surface area contributed by atoms with Gasteiger partial charge < -0.3 is 10.2 Å². The molecule has 2 aromatic carbocycles. The van der Waals surface area contributed by atoms with Crippen molar-refractivity contribution in [2.45, 2.75) is 13.8 Å². The van der Waals surface area contributed by atoms with Gasteiger partial charge in [-0.3, -0.25) is 9.59 Å². The van der Waals surface area contributed by atoms with Gasteiger partial charge in [0, 0.05) is 42.2 Å². The Morgan fingerprint density at radius 2 is 1.83 bits per heavy atom. The summed E-state index contributed by atoms with van der Waals surface area (Å²) < 4.78 is 1.75.